The molecule has 1 amide bonds. The monoisotopic (exact) mass is 552 g/mol. The van der Waals surface area contributed by atoms with Crippen LogP contribution in [0.4, 0.5) is 28.9 Å². The van der Waals surface area contributed by atoms with E-state index in [0.717, 1.165) is 11.6 Å². The lowest BCUT2D eigenvalue weighted by atomic mass is 10.2. The lowest BCUT2D eigenvalue weighted by Gasteiger charge is -2.10. The lowest BCUT2D eigenvalue weighted by Crippen LogP contribution is -2.11. The Morgan fingerprint density at radius 3 is 2.55 bits per heavy atom. The van der Waals surface area contributed by atoms with Crippen LogP contribution in [0.5, 0.6) is 11.5 Å². The molecule has 2 heterocycles. The maximum Gasteiger partial charge on any atom is 0.291 e. The number of rotatable bonds is 9. The molecule has 198 valence electrons. The van der Waals surface area contributed by atoms with Gasteiger partial charge in [0.15, 0.2) is 5.76 Å². The summed E-state index contributed by atoms with van der Waals surface area (Å²) in [5.74, 6) is -0.607. The first-order valence-electron chi connectivity index (χ1n) is 10.8. The Hall–Kier alpha value is -4.39. The number of para-hydroxylation sites is 1. The Balaban J connectivity index is 1.55. The summed E-state index contributed by atoms with van der Waals surface area (Å²) in [6.45, 7) is 1.28. The highest BCUT2D eigenvalue weighted by Gasteiger charge is 2.28. The average Bonchev–Trinajstić information content (AvgIpc) is 3.45. The molecule has 2 aromatic heterocycles. The van der Waals surface area contributed by atoms with Crippen LogP contribution in [-0.4, -0.2) is 20.6 Å². The first-order chi connectivity index (χ1) is 18.0. The second kappa shape index (κ2) is 10.9. The number of aryl methyl sites for hydroxylation is 1. The molecule has 0 saturated heterocycles. The van der Waals surface area contributed by atoms with Gasteiger partial charge in [0, 0.05) is 12.1 Å². The van der Waals surface area contributed by atoms with Crippen molar-refractivity contribution in [1.29, 1.82) is 0 Å². The van der Waals surface area contributed by atoms with Gasteiger partial charge in [-0.05, 0) is 30.7 Å². The van der Waals surface area contributed by atoms with E-state index in [4.69, 9.17) is 20.8 Å². The number of benzene rings is 2. The first-order valence-corrected chi connectivity index (χ1v) is 11.2. The number of anilines is 1. The predicted octanol–water partition coefficient (Wildman–Crippen LogP) is 7.31. The van der Waals surface area contributed by atoms with Gasteiger partial charge in [0.05, 0.1) is 28.2 Å². The van der Waals surface area contributed by atoms with Crippen LogP contribution in [0, 0.1) is 17.0 Å². The van der Waals surface area contributed by atoms with Crippen LogP contribution >= 0.6 is 11.6 Å². The largest absolute Gasteiger partial charge is 0.457 e. The minimum atomic E-state index is -3.19. The number of furan rings is 1. The van der Waals surface area contributed by atoms with Crippen molar-refractivity contribution < 1.29 is 36.4 Å². The van der Waals surface area contributed by atoms with E-state index < -0.39 is 46.6 Å². The molecule has 0 unspecified atom stereocenters. The number of alkyl halides is 4. The molecule has 38 heavy (non-hydrogen) atoms. The number of nitro benzene ring substituents is 1. The Kier molecular flexibility index (Phi) is 7.67. The average molecular weight is 553 g/mol. The molecule has 9 nitrogen and oxygen atoms in total. The summed E-state index contributed by atoms with van der Waals surface area (Å²) in [6, 6.07) is 13.1. The molecule has 0 saturated carbocycles. The van der Waals surface area contributed by atoms with Gasteiger partial charge in [0.1, 0.15) is 28.6 Å². The van der Waals surface area contributed by atoms with Gasteiger partial charge in [0.25, 0.3) is 24.4 Å². The summed E-state index contributed by atoms with van der Waals surface area (Å²) in [5.41, 5.74) is -1.47. The molecule has 0 spiro atoms. The Morgan fingerprint density at radius 1 is 1.16 bits per heavy atom. The molecule has 4 rings (SSSR count). The zero-order chi connectivity index (χ0) is 27.6. The Morgan fingerprint density at radius 2 is 1.89 bits per heavy atom. The quantitative estimate of drug-likeness (QED) is 0.132. The minimum absolute atomic E-state index is 0.0196. The second-order valence-electron chi connectivity index (χ2n) is 7.90. The van der Waals surface area contributed by atoms with Crippen LogP contribution in [0.3, 0.4) is 0 Å². The smallest absolute Gasteiger partial charge is 0.291 e. The number of nitrogens with zero attached hydrogens (tertiary/aromatic N) is 3. The fourth-order valence-corrected chi connectivity index (χ4v) is 3.78. The SMILES string of the molecule is Cc1ccccc1Oc1cc(NC(=O)c2ccc(Cn3nc(C(F)F)c(Cl)c3C(F)F)o2)cc([N+](=O)[O-])c1. The van der Waals surface area contributed by atoms with Crippen LogP contribution in [-0.2, 0) is 6.54 Å². The van der Waals surface area contributed by atoms with Gasteiger partial charge >= 0.3 is 0 Å². The third kappa shape index (κ3) is 5.78. The standard InChI is InChI=1S/C24H17ClF4N4O5/c1-12-4-2-3-5-17(12)38-16-9-13(8-14(10-16)33(35)36)30-24(34)18-7-6-15(37-18)11-32-21(23(28)29)19(25)20(31-32)22(26)27/h2-10,22-23H,11H2,1H3,(H,30,34). The van der Waals surface area contributed by atoms with Crippen LogP contribution in [0.1, 0.15) is 46.1 Å². The number of nitrogens with one attached hydrogen (secondary N) is 1. The van der Waals surface area contributed by atoms with Crippen LogP contribution in [0.15, 0.2) is 59.0 Å². The molecule has 0 bridgehead atoms. The van der Waals surface area contributed by atoms with Gasteiger partial charge in [-0.2, -0.15) is 5.10 Å². The molecule has 0 aliphatic rings. The van der Waals surface area contributed by atoms with Gasteiger partial charge < -0.3 is 14.5 Å². The van der Waals surface area contributed by atoms with E-state index in [9.17, 15) is 32.5 Å². The molecule has 0 radical (unpaired) electrons. The summed E-state index contributed by atoms with van der Waals surface area (Å²) >= 11 is 5.64. The van der Waals surface area contributed by atoms with Crippen LogP contribution < -0.4 is 10.1 Å². The minimum Gasteiger partial charge on any atom is -0.457 e. The molecular weight excluding hydrogens is 536 g/mol. The highest BCUT2D eigenvalue weighted by Crippen LogP contribution is 2.35. The van der Waals surface area contributed by atoms with E-state index >= 15 is 0 Å². The molecule has 2 aromatic carbocycles. The second-order valence-corrected chi connectivity index (χ2v) is 8.28. The van der Waals surface area contributed by atoms with E-state index in [1.54, 1.807) is 31.2 Å². The van der Waals surface area contributed by atoms with E-state index in [1.807, 2.05) is 0 Å². The van der Waals surface area contributed by atoms with Gasteiger partial charge in [-0.15, -0.1) is 0 Å². The molecule has 0 atom stereocenters. The van der Waals surface area contributed by atoms with Crippen LogP contribution in [0.2, 0.25) is 5.02 Å². The maximum atomic E-state index is 13.4. The van der Waals surface area contributed by atoms with E-state index in [1.165, 1.54) is 24.3 Å². The summed E-state index contributed by atoms with van der Waals surface area (Å²) in [7, 11) is 0. The van der Waals surface area contributed by atoms with Gasteiger partial charge in [-0.1, -0.05) is 29.8 Å². The molecule has 1 N–H and O–H groups in total. The molecule has 4 aromatic rings. The van der Waals surface area contributed by atoms with Crippen LogP contribution in [0.25, 0.3) is 0 Å². The number of ether oxygens (including phenoxy) is 1. The molecule has 0 aliphatic carbocycles. The zero-order valence-corrected chi connectivity index (χ0v) is 20.1. The number of carbonyl (C=O) groups is 1. The predicted molar refractivity (Wildman–Crippen MR) is 127 cm³/mol. The van der Waals surface area contributed by atoms with E-state index in [2.05, 4.69) is 10.4 Å². The molecule has 0 aliphatic heterocycles. The third-order valence-corrected chi connectivity index (χ3v) is 5.63. The maximum absolute atomic E-state index is 13.4. The van der Waals surface area contributed by atoms with Crippen molar-refractivity contribution >= 4 is 28.9 Å². The number of nitro groups is 1. The number of non-ortho nitro benzene ring substituents is 1. The van der Waals surface area contributed by atoms with Crippen molar-refractivity contribution in [3.8, 4) is 11.5 Å². The highest BCUT2D eigenvalue weighted by molar-refractivity contribution is 6.32. The molecule has 0 fully saturated rings. The number of amides is 1. The Labute approximate surface area is 216 Å². The van der Waals surface area contributed by atoms with Gasteiger partial charge in [-0.25, -0.2) is 17.6 Å². The van der Waals surface area contributed by atoms with Crippen molar-refractivity contribution in [3.05, 3.63) is 98.2 Å². The summed E-state index contributed by atoms with van der Waals surface area (Å²) < 4.78 is 64.6. The van der Waals surface area contributed by atoms with Crippen molar-refractivity contribution in [2.75, 3.05) is 5.32 Å². The third-order valence-electron chi connectivity index (χ3n) is 5.24. The van der Waals surface area contributed by atoms with Crippen molar-refractivity contribution in [1.82, 2.24) is 9.78 Å². The van der Waals surface area contributed by atoms with Crippen molar-refractivity contribution in [2.45, 2.75) is 26.3 Å². The number of carbonyl (C=O) groups excluding carboxylic acids is 1. The number of hydrogen-bond acceptors (Lipinski definition) is 6. The molecule has 14 heteroatoms. The summed E-state index contributed by atoms with van der Waals surface area (Å²) in [5, 5.41) is 16.4. The number of halogens is 5. The first kappa shape index (κ1) is 26.7. The fourth-order valence-electron chi connectivity index (χ4n) is 3.48. The topological polar surface area (TPSA) is 112 Å². The number of hydrogen-bond donors (Lipinski definition) is 1. The van der Waals surface area contributed by atoms with Gasteiger partial charge in [0.2, 0.25) is 0 Å². The van der Waals surface area contributed by atoms with E-state index in [0.29, 0.717) is 10.4 Å². The zero-order valence-electron chi connectivity index (χ0n) is 19.3. The highest BCUT2D eigenvalue weighted by atomic mass is 35.5. The lowest BCUT2D eigenvalue weighted by molar-refractivity contribution is -0.384. The van der Waals surface area contributed by atoms with Crippen molar-refractivity contribution in [2.24, 2.45) is 0 Å². The molecular formula is C24H17ClF4N4O5. The normalized spacial score (nSPS) is 11.3. The summed E-state index contributed by atoms with van der Waals surface area (Å²) in [6.07, 6.45) is -6.36. The fraction of sp³-hybridized carbons (Fsp3) is 0.167. The summed E-state index contributed by atoms with van der Waals surface area (Å²) in [4.78, 5) is 23.5. The number of aromatic nitrogens is 2. The van der Waals surface area contributed by atoms with E-state index in [-0.39, 0.29) is 28.6 Å². The van der Waals surface area contributed by atoms with Gasteiger partial charge in [-0.3, -0.25) is 19.6 Å². The van der Waals surface area contributed by atoms with Crippen molar-refractivity contribution in [3.63, 3.8) is 0 Å². The Bertz CT molecular complexity index is 1500.